The summed E-state index contributed by atoms with van der Waals surface area (Å²) < 4.78 is 1.71. The van der Waals surface area contributed by atoms with E-state index in [4.69, 9.17) is 11.6 Å². The van der Waals surface area contributed by atoms with Crippen molar-refractivity contribution in [2.24, 2.45) is 0 Å². The summed E-state index contributed by atoms with van der Waals surface area (Å²) in [5, 5.41) is 5.18. The van der Waals surface area contributed by atoms with Gasteiger partial charge in [-0.1, -0.05) is 18.0 Å². The Hall–Kier alpha value is -1.07. The van der Waals surface area contributed by atoms with Crippen LogP contribution in [0.15, 0.2) is 18.3 Å². The Morgan fingerprint density at radius 3 is 3.06 bits per heavy atom. The van der Waals surface area contributed by atoms with Crippen LogP contribution in [0.2, 0.25) is 5.15 Å². The first-order valence-corrected chi connectivity index (χ1v) is 6.34. The van der Waals surface area contributed by atoms with Gasteiger partial charge in [-0.05, 0) is 25.5 Å². The van der Waals surface area contributed by atoms with E-state index in [1.165, 1.54) is 12.8 Å². The van der Waals surface area contributed by atoms with Gasteiger partial charge >= 0.3 is 0 Å². The molecule has 0 N–H and O–H groups in total. The fraction of sp³-hybridized carbons (Fsp3) is 0.455. The fourth-order valence-corrected chi connectivity index (χ4v) is 2.68. The quantitative estimate of drug-likeness (QED) is 0.566. The smallest absolute Gasteiger partial charge is 0.186 e. The molecule has 88 valence electrons. The molecule has 0 unspecified atom stereocenters. The molecule has 0 radical (unpaired) electrons. The third-order valence-corrected chi connectivity index (χ3v) is 3.73. The summed E-state index contributed by atoms with van der Waals surface area (Å²) in [6.45, 7) is 1.14. The first kappa shape index (κ1) is 11.0. The van der Waals surface area contributed by atoms with Crippen molar-refractivity contribution in [1.82, 2.24) is 19.4 Å². The van der Waals surface area contributed by atoms with Gasteiger partial charge in [0.05, 0.1) is 5.69 Å². The van der Waals surface area contributed by atoms with Gasteiger partial charge in [-0.15, -0.1) is 0 Å². The van der Waals surface area contributed by atoms with E-state index in [1.807, 2.05) is 6.07 Å². The number of hydrogen-bond acceptors (Lipinski definition) is 3. The largest absolute Gasteiger partial charge is 0.341 e. The Labute approximate surface area is 106 Å². The zero-order valence-electron chi connectivity index (χ0n) is 9.80. The van der Waals surface area contributed by atoms with Crippen molar-refractivity contribution in [3.05, 3.63) is 29.2 Å². The molecular formula is C11H14BClN4. The van der Waals surface area contributed by atoms with Gasteiger partial charge in [-0.25, -0.2) is 9.50 Å². The third kappa shape index (κ3) is 1.94. The van der Waals surface area contributed by atoms with Crippen molar-refractivity contribution in [3.8, 4) is 0 Å². The van der Waals surface area contributed by atoms with Crippen LogP contribution in [0.1, 0.15) is 31.0 Å². The maximum absolute atomic E-state index is 6.09. The molecule has 2 aromatic rings. The van der Waals surface area contributed by atoms with Crippen molar-refractivity contribution >= 4 is 25.2 Å². The van der Waals surface area contributed by atoms with Crippen LogP contribution >= 0.6 is 11.6 Å². The highest BCUT2D eigenvalue weighted by Gasteiger charge is 2.23. The highest BCUT2D eigenvalue weighted by Crippen LogP contribution is 2.29. The van der Waals surface area contributed by atoms with Gasteiger partial charge in [0.1, 0.15) is 5.15 Å². The van der Waals surface area contributed by atoms with E-state index in [1.54, 1.807) is 16.8 Å². The van der Waals surface area contributed by atoms with Gasteiger partial charge in [-0.2, -0.15) is 5.10 Å². The number of hydrogen-bond donors (Lipinski definition) is 0. The highest BCUT2D eigenvalue weighted by molar-refractivity contribution is 6.29. The predicted octanol–water partition coefficient (Wildman–Crippen LogP) is 1.46. The van der Waals surface area contributed by atoms with E-state index < -0.39 is 0 Å². The van der Waals surface area contributed by atoms with Gasteiger partial charge in [0.25, 0.3) is 0 Å². The number of piperidine rings is 1. The average molecular weight is 249 g/mol. The molecule has 1 aliphatic rings. The second kappa shape index (κ2) is 4.31. The van der Waals surface area contributed by atoms with Crippen molar-refractivity contribution in [3.63, 3.8) is 0 Å². The second-order valence-corrected chi connectivity index (χ2v) is 4.99. The lowest BCUT2D eigenvalue weighted by atomic mass is 9.96. The number of aromatic nitrogens is 3. The average Bonchev–Trinajstić information content (AvgIpc) is 2.75. The summed E-state index contributed by atoms with van der Waals surface area (Å²) in [6.07, 6.45) is 5.43. The van der Waals surface area contributed by atoms with E-state index in [0.29, 0.717) is 11.2 Å². The maximum Gasteiger partial charge on any atom is 0.186 e. The molecule has 1 atom stereocenters. The van der Waals surface area contributed by atoms with Crippen molar-refractivity contribution in [2.45, 2.75) is 25.3 Å². The van der Waals surface area contributed by atoms with Gasteiger partial charge in [0.15, 0.2) is 13.6 Å². The first-order valence-electron chi connectivity index (χ1n) is 5.96. The van der Waals surface area contributed by atoms with E-state index in [-0.39, 0.29) is 0 Å². The standard InChI is InChI=1S/C11H14BClN4/c12-16-6-2-1-3-9(16)8-7-11-14-5-4-10(13)17(11)15-8/h4-5,7,9H,1-3,6,12H2/t9-/m0/s1. The Morgan fingerprint density at radius 1 is 1.41 bits per heavy atom. The molecule has 0 saturated carbocycles. The molecule has 4 nitrogen and oxygen atoms in total. The minimum atomic E-state index is 0.404. The molecule has 17 heavy (non-hydrogen) atoms. The van der Waals surface area contributed by atoms with Crippen LogP contribution in [0.3, 0.4) is 0 Å². The summed E-state index contributed by atoms with van der Waals surface area (Å²) in [5.41, 5.74) is 1.90. The van der Waals surface area contributed by atoms with Gasteiger partial charge in [0, 0.05) is 18.3 Å². The molecule has 0 amide bonds. The van der Waals surface area contributed by atoms with Crippen LogP contribution in [0.5, 0.6) is 0 Å². The Morgan fingerprint density at radius 2 is 2.29 bits per heavy atom. The first-order chi connectivity index (χ1) is 8.25. The van der Waals surface area contributed by atoms with E-state index in [0.717, 1.165) is 24.3 Å². The van der Waals surface area contributed by atoms with Crippen LogP contribution in [0.4, 0.5) is 0 Å². The Kier molecular flexibility index (Phi) is 2.80. The molecular weight excluding hydrogens is 234 g/mol. The van der Waals surface area contributed by atoms with E-state index >= 15 is 0 Å². The van der Waals surface area contributed by atoms with E-state index in [9.17, 15) is 0 Å². The number of halogens is 1. The van der Waals surface area contributed by atoms with E-state index in [2.05, 4.69) is 22.9 Å². The van der Waals surface area contributed by atoms with Crippen molar-refractivity contribution < 1.29 is 0 Å². The number of nitrogens with zero attached hydrogens (tertiary/aromatic N) is 4. The molecule has 0 aliphatic carbocycles. The lowest BCUT2D eigenvalue weighted by Crippen LogP contribution is -2.31. The van der Waals surface area contributed by atoms with Crippen LogP contribution in [-0.4, -0.2) is 33.9 Å². The molecule has 1 aliphatic heterocycles. The number of fused-ring (bicyclic) bond motifs is 1. The minimum Gasteiger partial charge on any atom is -0.341 e. The molecule has 0 spiro atoms. The van der Waals surface area contributed by atoms with Crippen LogP contribution in [0.25, 0.3) is 5.65 Å². The monoisotopic (exact) mass is 248 g/mol. The third-order valence-electron chi connectivity index (χ3n) is 3.44. The molecule has 6 heteroatoms. The van der Waals surface area contributed by atoms with Crippen LogP contribution < -0.4 is 0 Å². The predicted molar refractivity (Wildman–Crippen MR) is 69.8 cm³/mol. The molecule has 1 saturated heterocycles. The molecule has 0 bridgehead atoms. The van der Waals surface area contributed by atoms with Gasteiger partial charge in [-0.3, -0.25) is 0 Å². The lowest BCUT2D eigenvalue weighted by molar-refractivity contribution is 0.261. The fourth-order valence-electron chi connectivity index (χ4n) is 2.50. The summed E-state index contributed by atoms with van der Waals surface area (Å²) in [6, 6.07) is 4.20. The van der Waals surface area contributed by atoms with Gasteiger partial charge < -0.3 is 4.81 Å². The SMILES string of the molecule is BN1CCCC[C@H]1c1cc2nccc(Cl)n2n1. The Balaban J connectivity index is 2.02. The van der Waals surface area contributed by atoms with Crippen molar-refractivity contribution in [1.29, 1.82) is 0 Å². The zero-order valence-corrected chi connectivity index (χ0v) is 10.6. The Bertz CT molecular complexity index is 541. The van der Waals surface area contributed by atoms with Crippen LogP contribution in [0, 0.1) is 0 Å². The molecule has 1 fully saturated rings. The normalized spacial score (nSPS) is 22.1. The zero-order chi connectivity index (χ0) is 11.8. The maximum atomic E-state index is 6.09. The molecule has 3 rings (SSSR count). The summed E-state index contributed by atoms with van der Waals surface area (Å²) >= 11 is 6.09. The molecule has 3 heterocycles. The van der Waals surface area contributed by atoms with Crippen molar-refractivity contribution in [2.75, 3.05) is 6.54 Å². The summed E-state index contributed by atoms with van der Waals surface area (Å²) in [5.74, 6) is 0. The minimum absolute atomic E-state index is 0.404. The number of rotatable bonds is 1. The summed E-state index contributed by atoms with van der Waals surface area (Å²) in [7, 11) is 2.16. The highest BCUT2D eigenvalue weighted by atomic mass is 35.5. The van der Waals surface area contributed by atoms with Gasteiger partial charge in [0.2, 0.25) is 0 Å². The molecule has 2 aromatic heterocycles. The van der Waals surface area contributed by atoms with Crippen LogP contribution in [-0.2, 0) is 0 Å². The second-order valence-electron chi connectivity index (χ2n) is 4.60. The lowest BCUT2D eigenvalue weighted by Gasteiger charge is -2.31. The summed E-state index contributed by atoms with van der Waals surface area (Å²) in [4.78, 5) is 6.64. The topological polar surface area (TPSA) is 33.4 Å². The molecule has 0 aromatic carbocycles.